The number of halogens is 1. The Morgan fingerprint density at radius 1 is 1.16 bits per heavy atom. The predicted molar refractivity (Wildman–Crippen MR) is 124 cm³/mol. The van der Waals surface area contributed by atoms with Crippen molar-refractivity contribution in [3.63, 3.8) is 0 Å². The van der Waals surface area contributed by atoms with Crippen LogP contribution in [0.3, 0.4) is 0 Å². The maximum Gasteiger partial charge on any atom is 0.322 e. The number of hydrogen-bond donors (Lipinski definition) is 2. The molecule has 1 fully saturated rings. The molecule has 0 bridgehead atoms. The molecule has 168 valence electrons. The van der Waals surface area contributed by atoms with Crippen molar-refractivity contribution in [3.05, 3.63) is 70.3 Å². The number of nitrogens with one attached hydrogen (secondary N) is 2. The zero-order valence-electron chi connectivity index (χ0n) is 18.2. The number of benzene rings is 2. The van der Waals surface area contributed by atoms with Crippen LogP contribution < -0.4 is 15.6 Å². The Labute approximate surface area is 186 Å². The molecule has 0 atom stereocenters. The summed E-state index contributed by atoms with van der Waals surface area (Å²) in [5, 5.41) is 3.53. The van der Waals surface area contributed by atoms with Gasteiger partial charge in [-0.05, 0) is 56.2 Å². The molecule has 0 aliphatic heterocycles. The van der Waals surface area contributed by atoms with Gasteiger partial charge in [0.25, 0.3) is 5.56 Å². The number of H-pyrrole nitrogens is 1. The number of rotatable bonds is 6. The van der Waals surface area contributed by atoms with Gasteiger partial charge < -0.3 is 19.9 Å². The number of anilines is 1. The predicted octanol–water partition coefficient (Wildman–Crippen LogP) is 5.43. The van der Waals surface area contributed by atoms with E-state index in [-0.39, 0.29) is 23.8 Å². The minimum atomic E-state index is -0.489. The molecule has 2 amide bonds. The second-order valence-electron chi connectivity index (χ2n) is 8.14. The van der Waals surface area contributed by atoms with Gasteiger partial charge in [-0.25, -0.2) is 9.18 Å². The van der Waals surface area contributed by atoms with Gasteiger partial charge in [0, 0.05) is 22.5 Å². The van der Waals surface area contributed by atoms with E-state index in [1.807, 2.05) is 31.2 Å². The zero-order valence-corrected chi connectivity index (χ0v) is 18.2. The molecule has 0 saturated heterocycles. The Kier molecular flexibility index (Phi) is 6.73. The van der Waals surface area contributed by atoms with Crippen LogP contribution in [0.4, 0.5) is 14.9 Å². The molecule has 1 aliphatic carbocycles. The number of fused-ring (bicyclic) bond motifs is 1. The first-order chi connectivity index (χ1) is 15.5. The fourth-order valence-electron chi connectivity index (χ4n) is 4.30. The fourth-order valence-corrected chi connectivity index (χ4v) is 4.30. The number of carbonyl (C=O) groups is 1. The highest BCUT2D eigenvalue weighted by molar-refractivity contribution is 5.89. The molecule has 1 saturated carbocycles. The smallest absolute Gasteiger partial charge is 0.322 e. The Morgan fingerprint density at radius 2 is 1.94 bits per heavy atom. The summed E-state index contributed by atoms with van der Waals surface area (Å²) in [6.07, 6.45) is 4.92. The summed E-state index contributed by atoms with van der Waals surface area (Å²) >= 11 is 0. The third-order valence-electron chi connectivity index (χ3n) is 5.94. The monoisotopic (exact) mass is 437 g/mol. The van der Waals surface area contributed by atoms with E-state index in [2.05, 4.69) is 10.3 Å². The van der Waals surface area contributed by atoms with Crippen LogP contribution >= 0.6 is 0 Å². The summed E-state index contributed by atoms with van der Waals surface area (Å²) < 4.78 is 19.7. The van der Waals surface area contributed by atoms with Crippen LogP contribution in [0.15, 0.2) is 53.3 Å². The molecule has 2 aromatic carbocycles. The van der Waals surface area contributed by atoms with Crippen molar-refractivity contribution >= 4 is 22.6 Å². The number of ether oxygens (including phenoxy) is 1. The van der Waals surface area contributed by atoms with Crippen LogP contribution in [0.1, 0.15) is 44.6 Å². The topological polar surface area (TPSA) is 74.4 Å². The number of para-hydroxylation sites is 1. The number of aromatic nitrogens is 1. The summed E-state index contributed by atoms with van der Waals surface area (Å²) in [6.45, 7) is 2.61. The average Bonchev–Trinajstić information content (AvgIpc) is 2.80. The third-order valence-corrected chi connectivity index (χ3v) is 5.94. The number of urea groups is 1. The van der Waals surface area contributed by atoms with E-state index in [0.717, 1.165) is 43.2 Å². The molecule has 7 heteroatoms. The molecular weight excluding hydrogens is 409 g/mol. The fraction of sp³-hybridized carbons (Fsp3) is 0.360. The van der Waals surface area contributed by atoms with E-state index in [1.165, 1.54) is 12.1 Å². The van der Waals surface area contributed by atoms with Gasteiger partial charge in [-0.2, -0.15) is 0 Å². The van der Waals surface area contributed by atoms with Crippen molar-refractivity contribution in [2.24, 2.45) is 0 Å². The van der Waals surface area contributed by atoms with Crippen LogP contribution in [0.5, 0.6) is 5.75 Å². The summed E-state index contributed by atoms with van der Waals surface area (Å²) in [4.78, 5) is 30.6. The number of aromatic amines is 1. The van der Waals surface area contributed by atoms with E-state index in [4.69, 9.17) is 4.74 Å². The molecule has 2 N–H and O–H groups in total. The minimum absolute atomic E-state index is 0.000351. The average molecular weight is 438 g/mol. The molecular formula is C25H28FN3O3. The van der Waals surface area contributed by atoms with Gasteiger partial charge in [0.15, 0.2) is 0 Å². The lowest BCUT2D eigenvalue weighted by molar-refractivity contribution is 0.162. The number of pyridine rings is 1. The molecule has 0 unspecified atom stereocenters. The van der Waals surface area contributed by atoms with Crippen molar-refractivity contribution < 1.29 is 13.9 Å². The number of carbonyl (C=O) groups excluding carboxylic acids is 1. The molecule has 3 aromatic rings. The minimum Gasteiger partial charge on any atom is -0.494 e. The molecule has 1 aromatic heterocycles. The first-order valence-corrected chi connectivity index (χ1v) is 11.2. The van der Waals surface area contributed by atoms with Crippen LogP contribution in [-0.4, -0.2) is 28.6 Å². The summed E-state index contributed by atoms with van der Waals surface area (Å²) in [5.74, 6) is 0.232. The normalized spacial score (nSPS) is 14.3. The Hall–Kier alpha value is -3.35. The molecule has 1 aliphatic rings. The second kappa shape index (κ2) is 9.85. The lowest BCUT2D eigenvalue weighted by Gasteiger charge is -2.34. The highest BCUT2D eigenvalue weighted by atomic mass is 19.1. The van der Waals surface area contributed by atoms with Gasteiger partial charge in [-0.3, -0.25) is 4.79 Å². The van der Waals surface area contributed by atoms with Gasteiger partial charge in [-0.15, -0.1) is 0 Å². The van der Waals surface area contributed by atoms with Crippen molar-refractivity contribution in [2.75, 3.05) is 11.9 Å². The Morgan fingerprint density at radius 3 is 2.69 bits per heavy atom. The first kappa shape index (κ1) is 21.9. The van der Waals surface area contributed by atoms with Crippen LogP contribution in [0.25, 0.3) is 10.9 Å². The van der Waals surface area contributed by atoms with Gasteiger partial charge in [-0.1, -0.05) is 31.4 Å². The van der Waals surface area contributed by atoms with E-state index >= 15 is 0 Å². The summed E-state index contributed by atoms with van der Waals surface area (Å²) in [7, 11) is 0. The Bertz CT molecular complexity index is 1150. The van der Waals surface area contributed by atoms with Gasteiger partial charge in [0.05, 0.1) is 18.8 Å². The number of amides is 2. The molecule has 6 nitrogen and oxygen atoms in total. The number of nitrogens with zero attached hydrogens (tertiary/aromatic N) is 1. The van der Waals surface area contributed by atoms with Crippen molar-refractivity contribution in [3.8, 4) is 5.75 Å². The van der Waals surface area contributed by atoms with Crippen LogP contribution in [-0.2, 0) is 6.54 Å². The highest BCUT2D eigenvalue weighted by Gasteiger charge is 2.27. The second-order valence-corrected chi connectivity index (χ2v) is 8.14. The van der Waals surface area contributed by atoms with Crippen molar-refractivity contribution in [1.29, 1.82) is 0 Å². The standard InChI is InChI=1S/C25H28FN3O3/c1-2-32-20-12-13-22-17(15-20)14-18(24(30)27-22)16-29(19-8-4-3-5-9-19)25(31)28-23-11-7-6-10-21(23)26/h6-7,10-15,19H,2-5,8-9,16H2,1H3,(H,27,30)(H,28,31). The van der Waals surface area contributed by atoms with E-state index in [9.17, 15) is 14.0 Å². The lowest BCUT2D eigenvalue weighted by Crippen LogP contribution is -2.44. The molecule has 1 heterocycles. The lowest BCUT2D eigenvalue weighted by atomic mass is 9.94. The summed E-state index contributed by atoms with van der Waals surface area (Å²) in [6, 6.07) is 13.0. The van der Waals surface area contributed by atoms with Gasteiger partial charge in [0.1, 0.15) is 11.6 Å². The highest BCUT2D eigenvalue weighted by Crippen LogP contribution is 2.26. The maximum atomic E-state index is 14.1. The van der Waals surface area contributed by atoms with Crippen LogP contribution in [0, 0.1) is 5.82 Å². The summed E-state index contributed by atoms with van der Waals surface area (Å²) in [5.41, 5.74) is 1.09. The maximum absolute atomic E-state index is 14.1. The first-order valence-electron chi connectivity index (χ1n) is 11.2. The number of hydrogen-bond acceptors (Lipinski definition) is 3. The SMILES string of the molecule is CCOc1ccc2[nH]c(=O)c(CN(C(=O)Nc3ccccc3F)C3CCCCC3)cc2c1. The van der Waals surface area contributed by atoms with E-state index in [0.29, 0.717) is 17.7 Å². The van der Waals surface area contributed by atoms with Crippen LogP contribution in [0.2, 0.25) is 0 Å². The van der Waals surface area contributed by atoms with E-state index < -0.39 is 11.8 Å². The quantitative estimate of drug-likeness (QED) is 0.540. The van der Waals surface area contributed by atoms with E-state index in [1.54, 1.807) is 17.0 Å². The third kappa shape index (κ3) is 4.93. The molecule has 32 heavy (non-hydrogen) atoms. The molecule has 0 radical (unpaired) electrons. The largest absolute Gasteiger partial charge is 0.494 e. The van der Waals surface area contributed by atoms with Gasteiger partial charge in [0.2, 0.25) is 0 Å². The zero-order chi connectivity index (χ0) is 22.5. The van der Waals surface area contributed by atoms with Crippen molar-refractivity contribution in [2.45, 2.75) is 51.6 Å². The molecule has 4 rings (SSSR count). The van der Waals surface area contributed by atoms with Gasteiger partial charge >= 0.3 is 6.03 Å². The Balaban J connectivity index is 1.64. The molecule has 0 spiro atoms. The van der Waals surface area contributed by atoms with Crippen molar-refractivity contribution in [1.82, 2.24) is 9.88 Å².